The molecule has 0 saturated carbocycles. The third-order valence-corrected chi connectivity index (χ3v) is 15.2. The van der Waals surface area contributed by atoms with Gasteiger partial charge in [0.15, 0.2) is 0 Å². The fourth-order valence-corrected chi connectivity index (χ4v) is 10.4. The number of ether oxygens (including phenoxy) is 1. The summed E-state index contributed by atoms with van der Waals surface area (Å²) in [5.41, 5.74) is 14.0. The molecule has 73 heavy (non-hydrogen) atoms. The summed E-state index contributed by atoms with van der Waals surface area (Å²) in [4.78, 5) is 9.58. The zero-order valence-corrected chi connectivity index (χ0v) is 45.4. The van der Waals surface area contributed by atoms with Crippen LogP contribution in [-0.4, -0.2) is 9.55 Å². The van der Waals surface area contributed by atoms with Gasteiger partial charge in [-0.1, -0.05) is 189 Å². The van der Waals surface area contributed by atoms with Gasteiger partial charge in [0.05, 0.1) is 0 Å². The molecule has 0 unspecified atom stereocenters. The molecule has 0 bridgehead atoms. The average Bonchev–Trinajstić information content (AvgIpc) is 3.95. The maximum Gasteiger partial charge on any atom is 0.135 e. The summed E-state index contributed by atoms with van der Waals surface area (Å²) >= 11 is 0. The van der Waals surface area contributed by atoms with Crippen LogP contribution in [0.3, 0.4) is 0 Å². The van der Waals surface area contributed by atoms with E-state index < -0.39 is 0 Å². The number of pyridine rings is 1. The number of anilines is 4. The minimum Gasteiger partial charge on any atom is -0.509 e. The van der Waals surface area contributed by atoms with Gasteiger partial charge < -0.3 is 19.1 Å². The Bertz CT molecular complexity index is 3540. The van der Waals surface area contributed by atoms with Gasteiger partial charge >= 0.3 is 0 Å². The molecule has 0 N–H and O–H groups in total. The minimum absolute atomic E-state index is 0. The summed E-state index contributed by atoms with van der Waals surface area (Å²) in [6.07, 6.45) is 1.93. The van der Waals surface area contributed by atoms with Crippen LogP contribution in [0.1, 0.15) is 101 Å². The second kappa shape index (κ2) is 19.0. The largest absolute Gasteiger partial charge is 0.509 e. The molecular weight excluding hydrogens is 1070 g/mol. The van der Waals surface area contributed by atoms with E-state index in [0.29, 0.717) is 11.5 Å². The molecule has 10 aromatic rings. The van der Waals surface area contributed by atoms with E-state index in [1.165, 1.54) is 38.9 Å². The Kier molecular flexibility index (Phi) is 12.9. The summed E-state index contributed by atoms with van der Waals surface area (Å²) < 4.78 is 9.03. The molecular formula is C67H61N4OPt-3. The van der Waals surface area contributed by atoms with Gasteiger partial charge in [-0.3, -0.25) is 0 Å². The summed E-state index contributed by atoms with van der Waals surface area (Å²) in [6.45, 7) is 22.8. The summed E-state index contributed by atoms with van der Waals surface area (Å²) in [5.74, 6) is 2.02. The number of nitrogens with zero attached hydrogens (tertiary/aromatic N) is 4. The second-order valence-corrected chi connectivity index (χ2v) is 21.9. The predicted molar refractivity (Wildman–Crippen MR) is 299 cm³/mol. The van der Waals surface area contributed by atoms with Crippen LogP contribution in [0.5, 0.6) is 11.5 Å². The van der Waals surface area contributed by atoms with Crippen LogP contribution in [0.2, 0.25) is 0 Å². The number of rotatable bonds is 11. The molecule has 8 aromatic carbocycles. The van der Waals surface area contributed by atoms with Crippen LogP contribution in [0, 0.1) is 18.8 Å². The van der Waals surface area contributed by atoms with Gasteiger partial charge in [-0.25, -0.2) is 4.98 Å². The van der Waals surface area contributed by atoms with Gasteiger partial charge in [0.2, 0.25) is 0 Å². The fraction of sp³-hybridized carbons (Fsp3) is 0.194. The van der Waals surface area contributed by atoms with Crippen LogP contribution in [-0.2, 0) is 42.7 Å². The molecule has 11 rings (SSSR count). The zero-order chi connectivity index (χ0) is 50.0. The molecule has 3 heterocycles. The van der Waals surface area contributed by atoms with Crippen LogP contribution < -0.4 is 14.5 Å². The molecule has 0 radical (unpaired) electrons. The van der Waals surface area contributed by atoms with Gasteiger partial charge in [0.1, 0.15) is 5.82 Å². The molecule has 0 atom stereocenters. The number of fused-ring (bicyclic) bond motifs is 4. The van der Waals surface area contributed by atoms with Crippen molar-refractivity contribution >= 4 is 44.6 Å². The van der Waals surface area contributed by atoms with Crippen molar-refractivity contribution in [1.29, 1.82) is 0 Å². The van der Waals surface area contributed by atoms with Crippen LogP contribution in [0.25, 0.3) is 27.6 Å². The number of hydrogen-bond acceptors (Lipinski definition) is 4. The molecule has 0 amide bonds. The Labute approximate surface area is 446 Å². The first-order valence-electron chi connectivity index (χ1n) is 25.1. The third kappa shape index (κ3) is 9.08. The van der Waals surface area contributed by atoms with E-state index >= 15 is 0 Å². The Morgan fingerprint density at radius 2 is 0.973 bits per heavy atom. The van der Waals surface area contributed by atoms with E-state index in [1.807, 2.05) is 24.4 Å². The first-order valence-corrected chi connectivity index (χ1v) is 25.1. The Balaban J connectivity index is 0.00000611. The molecule has 1 aliphatic heterocycles. The van der Waals surface area contributed by atoms with Gasteiger partial charge in [-0.05, 0) is 92.2 Å². The van der Waals surface area contributed by atoms with E-state index in [-0.39, 0.29) is 42.7 Å². The van der Waals surface area contributed by atoms with Crippen molar-refractivity contribution in [3.05, 3.63) is 258 Å². The first kappa shape index (κ1) is 49.4. The zero-order valence-electron chi connectivity index (χ0n) is 43.1. The summed E-state index contributed by atoms with van der Waals surface area (Å²) in [7, 11) is 0. The number of aromatic nitrogens is 2. The number of benzene rings is 8. The molecule has 0 spiro atoms. The molecule has 5 nitrogen and oxygen atoms in total. The maximum atomic E-state index is 6.78. The SMILES string of the molecule is CC(C)(C)c1ccc2c3ccc(Oc4[c-]c(N5[CH-]N(c6cc(C(C)(C)c7ccccc7)cc(C(C)(C)c7ccccc7)c6)c6ccccc65)ccc4)[c-]c3n(-c3cc(C(C)(C)c4ccccc4)ccn3)c2c1.[Pt]. The minimum atomic E-state index is -0.263. The summed E-state index contributed by atoms with van der Waals surface area (Å²) in [5, 5.41) is 2.22. The average molecular weight is 1130 g/mol. The van der Waals surface area contributed by atoms with E-state index in [2.05, 4.69) is 271 Å². The van der Waals surface area contributed by atoms with E-state index in [0.717, 1.165) is 50.4 Å². The van der Waals surface area contributed by atoms with Gasteiger partial charge in [-0.2, -0.15) is 12.1 Å². The van der Waals surface area contributed by atoms with E-state index in [4.69, 9.17) is 9.72 Å². The molecule has 0 saturated heterocycles. The van der Waals surface area contributed by atoms with Crippen LogP contribution in [0.4, 0.5) is 22.7 Å². The normalized spacial score (nSPS) is 13.1. The van der Waals surface area contributed by atoms with Crippen molar-refractivity contribution in [2.24, 2.45) is 0 Å². The Hall–Kier alpha value is -7.20. The standard InChI is InChI=1S/C67H61N4O.Pt/c1-64(2,3)49-32-34-57-58-35-33-56(44-62(58)71(61(57)41-49)63-42-50(36-37-68-63)65(4,5)46-22-13-10-14-23-46)72-55-29-21-28-53(43-55)69-45-70(60-31-20-19-30-59(60)69)54-39-51(66(6,7)47-24-15-11-16-25-47)38-52(40-54)67(8,9)48-26-17-12-18-27-48;/h10-42,45H,1-9H3;/q-3;. The monoisotopic (exact) mass is 1130 g/mol. The van der Waals surface area contributed by atoms with Crippen molar-refractivity contribution < 1.29 is 25.8 Å². The van der Waals surface area contributed by atoms with Crippen molar-refractivity contribution in [2.45, 2.75) is 84.0 Å². The van der Waals surface area contributed by atoms with Gasteiger partial charge in [0.25, 0.3) is 0 Å². The van der Waals surface area contributed by atoms with Crippen LogP contribution in [0.15, 0.2) is 200 Å². The molecule has 368 valence electrons. The van der Waals surface area contributed by atoms with Crippen molar-refractivity contribution in [3.8, 4) is 17.3 Å². The smallest absolute Gasteiger partial charge is 0.135 e. The molecule has 6 heteroatoms. The Morgan fingerprint density at radius 3 is 1.56 bits per heavy atom. The molecule has 2 aromatic heterocycles. The maximum absolute atomic E-state index is 6.78. The number of hydrogen-bond donors (Lipinski definition) is 0. The van der Waals surface area contributed by atoms with E-state index in [9.17, 15) is 0 Å². The summed E-state index contributed by atoms with van der Waals surface area (Å²) in [6, 6.07) is 76.9. The third-order valence-electron chi connectivity index (χ3n) is 15.2. The van der Waals surface area contributed by atoms with E-state index in [1.54, 1.807) is 0 Å². The van der Waals surface area contributed by atoms with Gasteiger partial charge in [-0.15, -0.1) is 48.1 Å². The molecule has 0 fully saturated rings. The second-order valence-electron chi connectivity index (χ2n) is 21.9. The Morgan fingerprint density at radius 1 is 0.438 bits per heavy atom. The number of para-hydroxylation sites is 2. The van der Waals surface area contributed by atoms with Crippen molar-refractivity contribution in [3.63, 3.8) is 0 Å². The fourth-order valence-electron chi connectivity index (χ4n) is 10.4. The predicted octanol–water partition coefficient (Wildman–Crippen LogP) is 17.3. The topological polar surface area (TPSA) is 33.5 Å². The van der Waals surface area contributed by atoms with Gasteiger partial charge in [0, 0.05) is 77.6 Å². The van der Waals surface area contributed by atoms with Crippen LogP contribution >= 0.6 is 0 Å². The van der Waals surface area contributed by atoms with Crippen molar-refractivity contribution in [2.75, 3.05) is 9.80 Å². The molecule has 0 aliphatic carbocycles. The van der Waals surface area contributed by atoms with Crippen molar-refractivity contribution in [1.82, 2.24) is 9.55 Å². The quantitative estimate of drug-likeness (QED) is 0.121. The first-order chi connectivity index (χ1) is 34.6. The molecule has 1 aliphatic rings.